The maximum atomic E-state index is 15.5. The third kappa shape index (κ3) is 4.99. The third-order valence-corrected chi connectivity index (χ3v) is 6.97. The fraction of sp³-hybridized carbons (Fsp3) is 0.417. The van der Waals surface area contributed by atoms with E-state index in [9.17, 15) is 4.79 Å². The monoisotopic (exact) mass is 514 g/mol. The van der Waals surface area contributed by atoms with Crippen LogP contribution in [0.2, 0.25) is 5.02 Å². The Labute approximate surface area is 213 Å². The summed E-state index contributed by atoms with van der Waals surface area (Å²) in [6, 6.07) is 3.36. The number of hydrogen-bond donors (Lipinski definition) is 2. The molecule has 0 aliphatic carbocycles. The summed E-state index contributed by atoms with van der Waals surface area (Å²) in [4.78, 5) is 28.2. The van der Waals surface area contributed by atoms with Gasteiger partial charge in [0.25, 0.3) is 5.91 Å². The molecular weight excluding hydrogens is 487 g/mol. The molecule has 2 aliphatic heterocycles. The van der Waals surface area contributed by atoms with E-state index in [4.69, 9.17) is 16.3 Å². The Morgan fingerprint density at radius 2 is 1.92 bits per heavy atom. The molecule has 36 heavy (non-hydrogen) atoms. The number of likely N-dealkylation sites (N-methyl/N-ethyl adjacent to an activating group) is 1. The lowest BCUT2D eigenvalue weighted by molar-refractivity contribution is 0.102. The fourth-order valence-electron chi connectivity index (χ4n) is 4.42. The molecule has 1 atom stereocenters. The van der Waals surface area contributed by atoms with Crippen molar-refractivity contribution >= 4 is 34.8 Å². The van der Waals surface area contributed by atoms with Gasteiger partial charge in [0.15, 0.2) is 5.69 Å². The van der Waals surface area contributed by atoms with Crippen molar-refractivity contribution in [3.63, 3.8) is 0 Å². The summed E-state index contributed by atoms with van der Waals surface area (Å²) in [7, 11) is 2.06. The number of nitrogens with zero attached hydrogens (tertiary/aromatic N) is 6. The van der Waals surface area contributed by atoms with Crippen LogP contribution < -0.4 is 15.1 Å². The lowest BCUT2D eigenvalue weighted by Gasteiger charge is -2.39. The summed E-state index contributed by atoms with van der Waals surface area (Å²) in [5.74, 6) is -0.330. The van der Waals surface area contributed by atoms with Gasteiger partial charge in [0.2, 0.25) is 5.95 Å². The quantitative estimate of drug-likeness (QED) is 0.536. The number of benzene rings is 1. The molecule has 2 saturated heterocycles. The van der Waals surface area contributed by atoms with Crippen molar-refractivity contribution in [2.45, 2.75) is 13.0 Å². The average Bonchev–Trinajstić information content (AvgIpc) is 3.33. The molecule has 12 heteroatoms. The Morgan fingerprint density at radius 1 is 1.17 bits per heavy atom. The van der Waals surface area contributed by atoms with Crippen LogP contribution >= 0.6 is 11.6 Å². The molecule has 1 amide bonds. The largest absolute Gasteiger partial charge is 0.378 e. The minimum absolute atomic E-state index is 0.0680. The molecule has 2 N–H and O–H groups in total. The van der Waals surface area contributed by atoms with Gasteiger partial charge in [-0.15, -0.1) is 0 Å². The van der Waals surface area contributed by atoms with Crippen LogP contribution in [-0.2, 0) is 4.74 Å². The van der Waals surface area contributed by atoms with Gasteiger partial charge in [-0.05, 0) is 26.1 Å². The number of H-pyrrole nitrogens is 1. The number of piperazine rings is 1. The normalized spacial score (nSPS) is 18.9. The second-order valence-electron chi connectivity index (χ2n) is 9.03. The fourth-order valence-corrected chi connectivity index (χ4v) is 4.59. The van der Waals surface area contributed by atoms with Crippen molar-refractivity contribution in [1.82, 2.24) is 25.1 Å². The number of halogens is 2. The molecule has 5 rings (SSSR count). The first-order chi connectivity index (χ1) is 17.4. The first-order valence-corrected chi connectivity index (χ1v) is 12.2. The van der Waals surface area contributed by atoms with Crippen LogP contribution in [0.4, 0.5) is 21.7 Å². The van der Waals surface area contributed by atoms with Gasteiger partial charge in [-0.2, -0.15) is 5.10 Å². The lowest BCUT2D eigenvalue weighted by atomic mass is 10.0. The number of hydrogen-bond acceptors (Lipinski definition) is 8. The highest BCUT2D eigenvalue weighted by molar-refractivity contribution is 6.34. The first-order valence-electron chi connectivity index (χ1n) is 11.8. The van der Waals surface area contributed by atoms with Gasteiger partial charge < -0.3 is 24.8 Å². The number of aromatic nitrogens is 4. The average molecular weight is 515 g/mol. The SMILES string of the molecule is C[C@@H]1CN(c2cc(F)c(-c3cnc(N4CCOCC4)nc3)cc2NC(=O)c2n[nH]cc2Cl)CCN1C. The van der Waals surface area contributed by atoms with E-state index < -0.39 is 11.7 Å². The Hall–Kier alpha value is -3.28. The van der Waals surface area contributed by atoms with Crippen LogP contribution in [0.5, 0.6) is 0 Å². The maximum Gasteiger partial charge on any atom is 0.277 e. The van der Waals surface area contributed by atoms with Crippen LogP contribution in [0, 0.1) is 5.82 Å². The Morgan fingerprint density at radius 3 is 2.58 bits per heavy atom. The molecule has 3 aromatic rings. The number of amides is 1. The predicted molar refractivity (Wildman–Crippen MR) is 136 cm³/mol. The number of carbonyl (C=O) groups is 1. The molecule has 0 unspecified atom stereocenters. The molecule has 4 heterocycles. The number of aromatic amines is 1. The van der Waals surface area contributed by atoms with Crippen LogP contribution in [0.3, 0.4) is 0 Å². The molecule has 0 radical (unpaired) electrons. The minimum Gasteiger partial charge on any atom is -0.378 e. The molecule has 0 bridgehead atoms. The van der Waals surface area contributed by atoms with Crippen molar-refractivity contribution < 1.29 is 13.9 Å². The molecule has 2 aliphatic rings. The van der Waals surface area contributed by atoms with Crippen molar-refractivity contribution in [1.29, 1.82) is 0 Å². The Balaban J connectivity index is 1.49. The summed E-state index contributed by atoms with van der Waals surface area (Å²) in [6.45, 7) is 6.98. The molecule has 190 valence electrons. The van der Waals surface area contributed by atoms with E-state index in [0.29, 0.717) is 62.3 Å². The zero-order valence-electron chi connectivity index (χ0n) is 20.2. The zero-order chi connectivity index (χ0) is 25.2. The number of anilines is 3. The van der Waals surface area contributed by atoms with Gasteiger partial charge in [0, 0.05) is 68.5 Å². The molecule has 2 fully saturated rings. The van der Waals surface area contributed by atoms with E-state index in [1.165, 1.54) is 12.3 Å². The van der Waals surface area contributed by atoms with Crippen LogP contribution in [0.25, 0.3) is 11.1 Å². The zero-order valence-corrected chi connectivity index (χ0v) is 20.9. The van der Waals surface area contributed by atoms with Crippen LogP contribution in [0.15, 0.2) is 30.7 Å². The highest BCUT2D eigenvalue weighted by Gasteiger charge is 2.26. The van der Waals surface area contributed by atoms with Crippen molar-refractivity contribution in [3.8, 4) is 11.1 Å². The second kappa shape index (κ2) is 10.4. The summed E-state index contributed by atoms with van der Waals surface area (Å²) < 4.78 is 20.9. The van der Waals surface area contributed by atoms with Gasteiger partial charge in [0.05, 0.1) is 29.6 Å². The lowest BCUT2D eigenvalue weighted by Crippen LogP contribution is -2.50. The van der Waals surface area contributed by atoms with Crippen LogP contribution in [0.1, 0.15) is 17.4 Å². The Bertz CT molecular complexity index is 1230. The summed E-state index contributed by atoms with van der Waals surface area (Å²) in [5, 5.41) is 9.61. The van der Waals surface area contributed by atoms with Gasteiger partial charge in [-0.25, -0.2) is 14.4 Å². The maximum absolute atomic E-state index is 15.5. The van der Waals surface area contributed by atoms with Gasteiger partial charge in [0.1, 0.15) is 5.82 Å². The highest BCUT2D eigenvalue weighted by Crippen LogP contribution is 2.35. The third-order valence-electron chi connectivity index (χ3n) is 6.69. The van der Waals surface area contributed by atoms with E-state index >= 15 is 4.39 Å². The standard InChI is InChI=1S/C24H28ClFN8O2/c1-15-14-34(4-3-32(15)2)21-10-19(26)17(9-20(21)30-23(35)22-18(25)13-29-31-22)16-11-27-24(28-12-16)33-5-7-36-8-6-33/h9-13,15H,3-8,14H2,1-2H3,(H,29,31)(H,30,35)/t15-/m1/s1. The summed E-state index contributed by atoms with van der Waals surface area (Å²) in [5.41, 5.74) is 1.93. The van der Waals surface area contributed by atoms with Crippen molar-refractivity contribution in [2.24, 2.45) is 0 Å². The van der Waals surface area contributed by atoms with Gasteiger partial charge >= 0.3 is 0 Å². The minimum atomic E-state index is -0.485. The molecule has 0 saturated carbocycles. The molecular formula is C24H28ClFN8O2. The van der Waals surface area contributed by atoms with E-state index in [1.54, 1.807) is 18.5 Å². The first kappa shape index (κ1) is 24.4. The van der Waals surface area contributed by atoms with Gasteiger partial charge in [-0.3, -0.25) is 9.89 Å². The number of nitrogens with one attached hydrogen (secondary N) is 2. The summed E-state index contributed by atoms with van der Waals surface area (Å²) >= 11 is 6.10. The molecule has 2 aromatic heterocycles. The molecule has 1 aromatic carbocycles. The number of ether oxygens (including phenoxy) is 1. The van der Waals surface area contributed by atoms with Gasteiger partial charge in [-0.1, -0.05) is 11.6 Å². The number of morpholine rings is 1. The van der Waals surface area contributed by atoms with Crippen molar-refractivity contribution in [3.05, 3.63) is 47.3 Å². The topological polar surface area (TPSA) is 103 Å². The van der Waals surface area contributed by atoms with E-state index in [2.05, 4.69) is 49.3 Å². The smallest absolute Gasteiger partial charge is 0.277 e. The highest BCUT2D eigenvalue weighted by atomic mass is 35.5. The van der Waals surface area contributed by atoms with E-state index in [0.717, 1.165) is 6.54 Å². The van der Waals surface area contributed by atoms with E-state index in [-0.39, 0.29) is 22.3 Å². The molecule has 0 spiro atoms. The number of rotatable bonds is 5. The second-order valence-corrected chi connectivity index (χ2v) is 9.44. The van der Waals surface area contributed by atoms with Crippen LogP contribution in [-0.4, -0.2) is 90.0 Å². The summed E-state index contributed by atoms with van der Waals surface area (Å²) in [6.07, 6.45) is 4.64. The Kier molecular flexibility index (Phi) is 7.04. The number of carbonyl (C=O) groups excluding carboxylic acids is 1. The van der Waals surface area contributed by atoms with E-state index in [1.807, 2.05) is 4.90 Å². The van der Waals surface area contributed by atoms with Crippen molar-refractivity contribution in [2.75, 3.05) is 68.1 Å². The molecule has 10 nitrogen and oxygen atoms in total. The predicted octanol–water partition coefficient (Wildman–Crippen LogP) is 2.89.